The van der Waals surface area contributed by atoms with Crippen LogP contribution in [0.15, 0.2) is 17.3 Å². The molecule has 0 saturated carbocycles. The van der Waals surface area contributed by atoms with Crippen molar-refractivity contribution in [3.8, 4) is 5.75 Å². The van der Waals surface area contributed by atoms with Crippen molar-refractivity contribution in [3.63, 3.8) is 0 Å². The van der Waals surface area contributed by atoms with Crippen LogP contribution in [0.25, 0.3) is 5.78 Å². The van der Waals surface area contributed by atoms with E-state index in [4.69, 9.17) is 4.74 Å². The van der Waals surface area contributed by atoms with Crippen LogP contribution in [0, 0.1) is 20.8 Å². The number of rotatable bonds is 4. The van der Waals surface area contributed by atoms with E-state index >= 15 is 0 Å². The summed E-state index contributed by atoms with van der Waals surface area (Å²) in [6, 6.07) is 4.01. The molecule has 8 heteroatoms. The fourth-order valence-electron chi connectivity index (χ4n) is 4.05. The minimum Gasteiger partial charge on any atom is -0.495 e. The summed E-state index contributed by atoms with van der Waals surface area (Å²) in [4.78, 5) is 24.3. The van der Waals surface area contributed by atoms with Crippen molar-refractivity contribution < 1.29 is 9.53 Å². The third-order valence-corrected chi connectivity index (χ3v) is 6.16. The highest BCUT2D eigenvalue weighted by molar-refractivity contribution is 7.98. The summed E-state index contributed by atoms with van der Waals surface area (Å²) < 4.78 is 7.32. The largest absolute Gasteiger partial charge is 0.495 e. The molecule has 0 saturated heterocycles. The van der Waals surface area contributed by atoms with E-state index in [9.17, 15) is 4.79 Å². The third kappa shape index (κ3) is 3.35. The molecule has 1 aliphatic heterocycles. The van der Waals surface area contributed by atoms with E-state index in [1.54, 1.807) is 11.6 Å². The monoisotopic (exact) mass is 411 g/mol. The number of fused-ring (bicyclic) bond motifs is 2. The predicted molar refractivity (Wildman–Crippen MR) is 114 cm³/mol. The second-order valence-electron chi connectivity index (χ2n) is 7.31. The van der Waals surface area contributed by atoms with E-state index in [0.29, 0.717) is 17.5 Å². The van der Waals surface area contributed by atoms with Gasteiger partial charge in [-0.2, -0.15) is 4.98 Å². The lowest BCUT2D eigenvalue weighted by molar-refractivity contribution is -0.118. The van der Waals surface area contributed by atoms with Gasteiger partial charge in [-0.1, -0.05) is 17.8 Å². The maximum absolute atomic E-state index is 13.4. The van der Waals surface area contributed by atoms with Gasteiger partial charge in [-0.15, -0.1) is 5.10 Å². The number of aryl methyl sites for hydroxylation is 3. The van der Waals surface area contributed by atoms with Crippen LogP contribution in [-0.4, -0.2) is 45.4 Å². The van der Waals surface area contributed by atoms with Crippen molar-refractivity contribution in [2.45, 2.75) is 45.2 Å². The van der Waals surface area contributed by atoms with Gasteiger partial charge in [-0.05, 0) is 57.1 Å². The normalized spacial score (nSPS) is 13.6. The summed E-state index contributed by atoms with van der Waals surface area (Å²) in [6.45, 7) is 6.68. The molecule has 2 aromatic heterocycles. The minimum absolute atomic E-state index is 0.0485. The Morgan fingerprint density at radius 1 is 1.24 bits per heavy atom. The summed E-state index contributed by atoms with van der Waals surface area (Å²) >= 11 is 1.48. The van der Waals surface area contributed by atoms with Crippen molar-refractivity contribution in [2.75, 3.05) is 24.8 Å². The fraction of sp³-hybridized carbons (Fsp3) is 0.429. The van der Waals surface area contributed by atoms with E-state index < -0.39 is 0 Å². The molecule has 0 atom stereocenters. The molecule has 1 amide bonds. The molecule has 0 fully saturated rings. The molecule has 3 aromatic rings. The Bertz CT molecular complexity index is 1110. The molecule has 1 aromatic carbocycles. The van der Waals surface area contributed by atoms with Gasteiger partial charge in [0.2, 0.25) is 11.1 Å². The summed E-state index contributed by atoms with van der Waals surface area (Å²) in [5, 5.41) is 5.16. The van der Waals surface area contributed by atoms with Gasteiger partial charge >= 0.3 is 0 Å². The average molecular weight is 412 g/mol. The lowest BCUT2D eigenvalue weighted by Crippen LogP contribution is -2.37. The smallest absolute Gasteiger partial charge is 0.253 e. The van der Waals surface area contributed by atoms with Crippen LogP contribution in [0.3, 0.4) is 0 Å². The zero-order valence-corrected chi connectivity index (χ0v) is 18.3. The number of benzene rings is 1. The molecule has 29 heavy (non-hydrogen) atoms. The predicted octanol–water partition coefficient (Wildman–Crippen LogP) is 3.30. The first kappa shape index (κ1) is 19.7. The quantitative estimate of drug-likeness (QED) is 0.614. The number of anilines is 1. The van der Waals surface area contributed by atoms with Gasteiger partial charge in [0.1, 0.15) is 5.75 Å². The molecule has 0 N–H and O–H groups in total. The fourth-order valence-corrected chi connectivity index (χ4v) is 4.38. The Kier molecular flexibility index (Phi) is 5.21. The van der Waals surface area contributed by atoms with Crippen molar-refractivity contribution in [1.82, 2.24) is 19.6 Å². The average Bonchev–Trinajstić information content (AvgIpc) is 3.14. The van der Waals surface area contributed by atoms with Crippen LogP contribution in [-0.2, 0) is 17.6 Å². The molecule has 4 rings (SSSR count). The van der Waals surface area contributed by atoms with Crippen molar-refractivity contribution in [1.29, 1.82) is 0 Å². The van der Waals surface area contributed by atoms with Gasteiger partial charge in [0.05, 0.1) is 19.2 Å². The highest BCUT2D eigenvalue weighted by atomic mass is 32.2. The molecule has 0 radical (unpaired) electrons. The van der Waals surface area contributed by atoms with Gasteiger partial charge < -0.3 is 9.64 Å². The zero-order chi connectivity index (χ0) is 20.7. The molecular weight excluding hydrogens is 386 g/mol. The maximum atomic E-state index is 13.4. The summed E-state index contributed by atoms with van der Waals surface area (Å²) in [7, 11) is 1.66. The summed E-state index contributed by atoms with van der Waals surface area (Å²) in [5.74, 6) is 1.37. The Hall–Kier alpha value is -2.61. The topological polar surface area (TPSA) is 72.6 Å². The lowest BCUT2D eigenvalue weighted by atomic mass is 9.95. The summed E-state index contributed by atoms with van der Waals surface area (Å²) in [5.41, 5.74) is 5.93. The molecule has 0 spiro atoms. The minimum atomic E-state index is 0.0485. The van der Waals surface area contributed by atoms with Crippen LogP contribution < -0.4 is 9.64 Å². The first-order valence-electron chi connectivity index (χ1n) is 9.68. The number of hydrogen-bond donors (Lipinski definition) is 0. The Morgan fingerprint density at radius 2 is 2.03 bits per heavy atom. The van der Waals surface area contributed by atoms with Crippen LogP contribution in [0.5, 0.6) is 5.75 Å². The zero-order valence-electron chi connectivity index (χ0n) is 17.4. The van der Waals surface area contributed by atoms with E-state index in [0.717, 1.165) is 41.2 Å². The first-order chi connectivity index (χ1) is 13.9. The number of carbonyl (C=O) groups excluding carboxylic acids is 1. The van der Waals surface area contributed by atoms with E-state index in [1.165, 1.54) is 22.9 Å². The Morgan fingerprint density at radius 3 is 2.76 bits per heavy atom. The van der Waals surface area contributed by atoms with E-state index in [2.05, 4.69) is 28.1 Å². The van der Waals surface area contributed by atoms with Crippen LogP contribution >= 0.6 is 11.8 Å². The number of aromatic nitrogens is 4. The number of thioether (sulfide) groups is 1. The third-order valence-electron chi connectivity index (χ3n) is 5.62. The molecule has 7 nitrogen and oxygen atoms in total. The number of nitrogens with zero attached hydrogens (tertiary/aromatic N) is 5. The van der Waals surface area contributed by atoms with Gasteiger partial charge in [0, 0.05) is 23.5 Å². The van der Waals surface area contributed by atoms with Crippen molar-refractivity contribution in [3.05, 3.63) is 40.2 Å². The standard InChI is InChI=1S/C21H25N5O2S/c1-12-8-9-17(28-4)19-15(12)7-6-10-25(19)18(27)11-16-13(2)22-20-23-21(29-5)24-26(20)14(16)3/h8-9H,6-7,10-11H2,1-5H3. The Balaban J connectivity index is 1.72. The van der Waals surface area contributed by atoms with E-state index in [-0.39, 0.29) is 12.3 Å². The van der Waals surface area contributed by atoms with E-state index in [1.807, 2.05) is 31.1 Å². The number of amides is 1. The summed E-state index contributed by atoms with van der Waals surface area (Å²) in [6.07, 6.45) is 4.11. The Labute approximate surface area is 174 Å². The van der Waals surface area contributed by atoms with Crippen LogP contribution in [0.2, 0.25) is 0 Å². The van der Waals surface area contributed by atoms with Gasteiger partial charge in [-0.3, -0.25) is 4.79 Å². The second-order valence-corrected chi connectivity index (χ2v) is 8.08. The highest BCUT2D eigenvalue weighted by Crippen LogP contribution is 2.38. The lowest BCUT2D eigenvalue weighted by Gasteiger charge is -2.32. The molecule has 3 heterocycles. The molecular formula is C21H25N5O2S. The molecule has 0 unspecified atom stereocenters. The van der Waals surface area contributed by atoms with Crippen LogP contribution in [0.1, 0.15) is 34.5 Å². The van der Waals surface area contributed by atoms with Gasteiger partial charge in [0.15, 0.2) is 0 Å². The number of carbonyl (C=O) groups is 1. The van der Waals surface area contributed by atoms with Crippen molar-refractivity contribution in [2.24, 2.45) is 0 Å². The second kappa shape index (κ2) is 7.67. The molecule has 152 valence electrons. The first-order valence-corrected chi connectivity index (χ1v) is 10.9. The number of hydrogen-bond acceptors (Lipinski definition) is 6. The molecule has 1 aliphatic rings. The van der Waals surface area contributed by atoms with Gasteiger partial charge in [0.25, 0.3) is 5.78 Å². The van der Waals surface area contributed by atoms with Gasteiger partial charge in [-0.25, -0.2) is 9.50 Å². The van der Waals surface area contributed by atoms with Crippen molar-refractivity contribution >= 4 is 29.1 Å². The van der Waals surface area contributed by atoms with Crippen LogP contribution in [0.4, 0.5) is 5.69 Å². The number of ether oxygens (including phenoxy) is 1. The SMILES string of the molecule is COc1ccc(C)c2c1N(C(=O)Cc1c(C)nc3nc(SC)nn3c1C)CCC2. The molecule has 0 bridgehead atoms. The number of methoxy groups -OCH3 is 1. The highest BCUT2D eigenvalue weighted by Gasteiger charge is 2.28. The molecule has 0 aliphatic carbocycles. The maximum Gasteiger partial charge on any atom is 0.253 e.